The molecule has 3 aromatic carbocycles. The van der Waals surface area contributed by atoms with Crippen LogP contribution in [-0.2, 0) is 19.6 Å². The van der Waals surface area contributed by atoms with Crippen LogP contribution in [0.1, 0.15) is 47.8 Å². The number of fused-ring (bicyclic) bond motifs is 1. The summed E-state index contributed by atoms with van der Waals surface area (Å²) in [7, 11) is 2.15. The van der Waals surface area contributed by atoms with Crippen LogP contribution in [0.25, 0.3) is 0 Å². The first kappa shape index (κ1) is 23.9. The van der Waals surface area contributed by atoms with Gasteiger partial charge in [-0.3, -0.25) is 24.2 Å². The molecule has 5 rings (SSSR count). The molecule has 1 saturated heterocycles. The lowest BCUT2D eigenvalue weighted by Crippen LogP contribution is -2.43. The molecule has 3 amide bonds. The normalized spacial score (nSPS) is 16.3. The second-order valence-electron chi connectivity index (χ2n) is 9.52. The highest BCUT2D eigenvalue weighted by molar-refractivity contribution is 6.22. The number of imide groups is 1. The first-order valence-electron chi connectivity index (χ1n) is 12.3. The van der Waals surface area contributed by atoms with Crippen LogP contribution < -0.4 is 5.32 Å². The molecule has 0 unspecified atom stereocenters. The first-order valence-corrected chi connectivity index (χ1v) is 12.3. The highest BCUT2D eigenvalue weighted by Crippen LogP contribution is 2.25. The van der Waals surface area contributed by atoms with E-state index in [1.165, 1.54) is 16.5 Å². The lowest BCUT2D eigenvalue weighted by atomic mass is 10.1. The maximum atomic E-state index is 12.9. The number of carbonyl (C=O) groups is 3. The fraction of sp³-hybridized carbons (Fsp3) is 0.276. The molecule has 0 radical (unpaired) electrons. The second-order valence-corrected chi connectivity index (χ2v) is 9.52. The van der Waals surface area contributed by atoms with Crippen molar-refractivity contribution < 1.29 is 14.4 Å². The van der Waals surface area contributed by atoms with E-state index in [2.05, 4.69) is 34.3 Å². The molecule has 0 saturated carbocycles. The summed E-state index contributed by atoms with van der Waals surface area (Å²) < 4.78 is 0. The Morgan fingerprint density at radius 1 is 0.750 bits per heavy atom. The SMILES string of the molecule is CN1CCN(Cc2ccc(CNC(=O)c3ccc4c(c3)C(=O)N(Cc3ccccc3)C4=O)cc2)CC1. The number of hydrogen-bond donors (Lipinski definition) is 1. The van der Waals surface area contributed by atoms with Crippen LogP contribution in [0, 0.1) is 0 Å². The van der Waals surface area contributed by atoms with Crippen molar-refractivity contribution >= 4 is 17.7 Å². The Labute approximate surface area is 211 Å². The van der Waals surface area contributed by atoms with Gasteiger partial charge in [0.2, 0.25) is 0 Å². The number of rotatable bonds is 7. The third-order valence-corrected chi connectivity index (χ3v) is 6.89. The van der Waals surface area contributed by atoms with Crippen molar-refractivity contribution in [3.8, 4) is 0 Å². The van der Waals surface area contributed by atoms with Gasteiger partial charge in [0.1, 0.15) is 0 Å². The van der Waals surface area contributed by atoms with Crippen molar-refractivity contribution in [3.05, 3.63) is 106 Å². The minimum Gasteiger partial charge on any atom is -0.348 e. The fourth-order valence-electron chi connectivity index (χ4n) is 4.65. The summed E-state index contributed by atoms with van der Waals surface area (Å²) in [6.07, 6.45) is 0. The Hall–Kier alpha value is -3.81. The summed E-state index contributed by atoms with van der Waals surface area (Å²) in [5, 5.41) is 2.92. The van der Waals surface area contributed by atoms with Gasteiger partial charge in [0, 0.05) is 44.8 Å². The van der Waals surface area contributed by atoms with Crippen LogP contribution in [0.5, 0.6) is 0 Å². The monoisotopic (exact) mass is 482 g/mol. The van der Waals surface area contributed by atoms with Crippen LogP contribution in [0.4, 0.5) is 0 Å². The van der Waals surface area contributed by atoms with Gasteiger partial charge in [0.05, 0.1) is 17.7 Å². The number of amides is 3. The number of likely N-dealkylation sites (N-methyl/N-ethyl adjacent to an activating group) is 1. The Morgan fingerprint density at radius 3 is 2.11 bits per heavy atom. The summed E-state index contributed by atoms with van der Waals surface area (Å²) >= 11 is 0. The Kier molecular flexibility index (Phi) is 6.93. The van der Waals surface area contributed by atoms with Crippen LogP contribution in [0.15, 0.2) is 72.8 Å². The maximum Gasteiger partial charge on any atom is 0.261 e. The number of hydrogen-bond acceptors (Lipinski definition) is 5. The summed E-state index contributed by atoms with van der Waals surface area (Å²) in [5.41, 5.74) is 4.12. The lowest BCUT2D eigenvalue weighted by molar-refractivity contribution is 0.0642. The summed E-state index contributed by atoms with van der Waals surface area (Å²) in [6.45, 7) is 5.87. The lowest BCUT2D eigenvalue weighted by Gasteiger charge is -2.32. The van der Waals surface area contributed by atoms with Crippen molar-refractivity contribution in [1.29, 1.82) is 0 Å². The molecule has 7 heteroatoms. The van der Waals surface area contributed by atoms with Crippen molar-refractivity contribution in [2.45, 2.75) is 19.6 Å². The summed E-state index contributed by atoms with van der Waals surface area (Å²) in [6, 6.07) is 22.4. The molecule has 0 atom stereocenters. The van der Waals surface area contributed by atoms with Crippen LogP contribution >= 0.6 is 0 Å². The van der Waals surface area contributed by atoms with Crippen molar-refractivity contribution in [3.63, 3.8) is 0 Å². The molecule has 2 aliphatic rings. The van der Waals surface area contributed by atoms with E-state index in [0.717, 1.165) is 43.9 Å². The van der Waals surface area contributed by atoms with E-state index in [4.69, 9.17) is 0 Å². The summed E-state index contributed by atoms with van der Waals surface area (Å²) in [4.78, 5) is 44.5. The van der Waals surface area contributed by atoms with Gasteiger partial charge in [-0.1, -0.05) is 54.6 Å². The van der Waals surface area contributed by atoms with Gasteiger partial charge in [-0.15, -0.1) is 0 Å². The van der Waals surface area contributed by atoms with Gasteiger partial charge in [0.15, 0.2) is 0 Å². The van der Waals surface area contributed by atoms with E-state index in [0.29, 0.717) is 17.7 Å². The Bertz CT molecular complexity index is 1270. The van der Waals surface area contributed by atoms with Gasteiger partial charge < -0.3 is 10.2 Å². The standard InChI is InChI=1S/C29H30N4O3/c1-31-13-15-32(16-14-31)19-23-9-7-21(8-10-23)18-30-27(34)24-11-12-25-26(17-24)29(36)33(28(25)35)20-22-5-3-2-4-6-22/h2-12,17H,13-16,18-20H2,1H3,(H,30,34). The fourth-order valence-corrected chi connectivity index (χ4v) is 4.65. The Morgan fingerprint density at radius 2 is 1.39 bits per heavy atom. The minimum atomic E-state index is -0.371. The molecule has 0 aromatic heterocycles. The van der Waals surface area contributed by atoms with E-state index >= 15 is 0 Å². The average molecular weight is 483 g/mol. The van der Waals surface area contributed by atoms with Gasteiger partial charge in [0.25, 0.3) is 17.7 Å². The zero-order valence-corrected chi connectivity index (χ0v) is 20.4. The van der Waals surface area contributed by atoms with Gasteiger partial charge in [-0.25, -0.2) is 0 Å². The van der Waals surface area contributed by atoms with Gasteiger partial charge >= 0.3 is 0 Å². The van der Waals surface area contributed by atoms with E-state index in [9.17, 15) is 14.4 Å². The van der Waals surface area contributed by atoms with E-state index < -0.39 is 0 Å². The smallest absolute Gasteiger partial charge is 0.261 e. The predicted octanol–water partition coefficient (Wildman–Crippen LogP) is 3.16. The van der Waals surface area contributed by atoms with Gasteiger partial charge in [-0.05, 0) is 41.9 Å². The molecule has 0 bridgehead atoms. The number of carbonyl (C=O) groups excluding carboxylic acids is 3. The van der Waals surface area contributed by atoms with Crippen LogP contribution in [0.2, 0.25) is 0 Å². The second kappa shape index (κ2) is 10.4. The van der Waals surface area contributed by atoms with E-state index in [-0.39, 0.29) is 29.8 Å². The Balaban J connectivity index is 1.18. The quantitative estimate of drug-likeness (QED) is 0.524. The number of benzene rings is 3. The van der Waals surface area contributed by atoms with E-state index in [1.54, 1.807) is 12.1 Å². The third kappa shape index (κ3) is 5.22. The highest BCUT2D eigenvalue weighted by atomic mass is 16.2. The molecule has 2 aliphatic heterocycles. The largest absolute Gasteiger partial charge is 0.348 e. The van der Waals surface area contributed by atoms with Crippen molar-refractivity contribution in [2.24, 2.45) is 0 Å². The van der Waals surface area contributed by atoms with Crippen LogP contribution in [-0.4, -0.2) is 65.6 Å². The molecule has 1 N–H and O–H groups in total. The topological polar surface area (TPSA) is 73.0 Å². The molecule has 7 nitrogen and oxygen atoms in total. The molecule has 36 heavy (non-hydrogen) atoms. The molecule has 3 aromatic rings. The zero-order chi connectivity index (χ0) is 25.1. The van der Waals surface area contributed by atoms with Crippen molar-refractivity contribution in [1.82, 2.24) is 20.0 Å². The molecule has 0 aliphatic carbocycles. The van der Waals surface area contributed by atoms with Crippen LogP contribution in [0.3, 0.4) is 0 Å². The first-order chi connectivity index (χ1) is 17.5. The molecule has 0 spiro atoms. The zero-order valence-electron chi connectivity index (χ0n) is 20.4. The van der Waals surface area contributed by atoms with E-state index in [1.807, 2.05) is 42.5 Å². The molecular weight excluding hydrogens is 452 g/mol. The molecule has 1 fully saturated rings. The highest BCUT2D eigenvalue weighted by Gasteiger charge is 2.36. The summed E-state index contributed by atoms with van der Waals surface area (Å²) in [5.74, 6) is -0.979. The minimum absolute atomic E-state index is 0.208. The van der Waals surface area contributed by atoms with Crippen molar-refractivity contribution in [2.75, 3.05) is 33.2 Å². The predicted molar refractivity (Wildman–Crippen MR) is 137 cm³/mol. The number of piperazine rings is 1. The molecular formula is C29H30N4O3. The van der Waals surface area contributed by atoms with Gasteiger partial charge in [-0.2, -0.15) is 0 Å². The molecule has 2 heterocycles. The average Bonchev–Trinajstić information content (AvgIpc) is 3.14. The third-order valence-electron chi connectivity index (χ3n) is 6.89. The maximum absolute atomic E-state index is 12.9. The number of nitrogens with zero attached hydrogens (tertiary/aromatic N) is 3. The number of nitrogens with one attached hydrogen (secondary N) is 1. The molecule has 184 valence electrons.